The van der Waals surface area contributed by atoms with Crippen LogP contribution in [0.2, 0.25) is 5.28 Å². The summed E-state index contributed by atoms with van der Waals surface area (Å²) in [6.45, 7) is 0. The van der Waals surface area contributed by atoms with Crippen molar-refractivity contribution >= 4 is 117 Å². The monoisotopic (exact) mass is 896 g/mol. The second kappa shape index (κ2) is 18.9. The number of nitrogens with zero attached hydrogens (tertiary/aromatic N) is 5. The molecular weight excluding hydrogens is 880 g/mol. The molecule has 0 aliphatic heterocycles. The summed E-state index contributed by atoms with van der Waals surface area (Å²) in [5.41, 5.74) is -1.46. The first-order valence-corrected chi connectivity index (χ1v) is 19.3. The number of phenols is 1. The number of aromatic nitrogens is 3. The Kier molecular flexibility index (Phi) is 16.1. The Bertz CT molecular complexity index is 2500. The number of phenolic OH excluding ortho intramolecular Hbond substituents is 1. The molecule has 0 saturated heterocycles. The van der Waals surface area contributed by atoms with Gasteiger partial charge in [0.05, 0.1) is 27.5 Å². The lowest BCUT2D eigenvalue weighted by Crippen LogP contribution is -2.04. The van der Waals surface area contributed by atoms with Crippen LogP contribution in [0.15, 0.2) is 71.4 Å². The van der Waals surface area contributed by atoms with Gasteiger partial charge in [-0.3, -0.25) is 18.5 Å². The van der Waals surface area contributed by atoms with E-state index in [0.29, 0.717) is 11.8 Å². The van der Waals surface area contributed by atoms with Gasteiger partial charge in [-0.2, -0.15) is 40.2 Å². The van der Waals surface area contributed by atoms with Crippen LogP contribution >= 0.6 is 47.2 Å². The number of anilines is 2. The van der Waals surface area contributed by atoms with Gasteiger partial charge < -0.3 is 26.5 Å². The van der Waals surface area contributed by atoms with Crippen LogP contribution in [0.3, 0.4) is 0 Å². The molecule has 54 heavy (non-hydrogen) atoms. The van der Waals surface area contributed by atoms with Crippen molar-refractivity contribution in [3.8, 4) is 17.1 Å². The van der Waals surface area contributed by atoms with Crippen molar-refractivity contribution in [3.05, 3.63) is 41.7 Å². The molecule has 3 aromatic carbocycles. The SMILES string of the molecule is O.O.O=C(O)Sc1nc(Cl)nc(Nc2cc(S(=O)(=O)O)cc3cc(SOOO)c(N=Nc4ccc(SC#COOS(=O)(=O)O)cc4S(=O)(=O)O)c(O)c23)n1. The van der Waals surface area contributed by atoms with E-state index in [9.17, 15) is 44.3 Å². The van der Waals surface area contributed by atoms with Gasteiger partial charge in [-0.05, 0) is 69.5 Å². The Balaban J connectivity index is 0.00000504. The molecular formula is C22H17ClN6O19S6. The normalized spacial score (nSPS) is 11.6. The van der Waals surface area contributed by atoms with Gasteiger partial charge in [-0.25, -0.2) is 10.1 Å². The minimum absolute atomic E-state index is 0. The number of benzene rings is 3. The van der Waals surface area contributed by atoms with Crippen LogP contribution in [0.25, 0.3) is 10.8 Å². The highest BCUT2D eigenvalue weighted by Gasteiger charge is 2.23. The number of aromatic hydroxyl groups is 1. The Morgan fingerprint density at radius 1 is 0.944 bits per heavy atom. The minimum Gasteiger partial charge on any atom is -0.505 e. The number of rotatable bonds is 13. The number of halogens is 1. The largest absolute Gasteiger partial charge is 0.505 e. The van der Waals surface area contributed by atoms with E-state index in [1.165, 1.54) is 6.07 Å². The van der Waals surface area contributed by atoms with Gasteiger partial charge in [0, 0.05) is 27.3 Å². The summed E-state index contributed by atoms with van der Waals surface area (Å²) in [7, 11) is -15.0. The molecule has 0 amide bonds. The maximum Gasteiger partial charge on any atom is 0.433 e. The highest BCUT2D eigenvalue weighted by atomic mass is 35.5. The standard InChI is InChI=1S/C22H13ClN6O17S6.2H2O/c23-19-25-20(27-21(26-19)48-22(31)32)24-13-8-11(50(34,35)36)5-9-6-14(49-45-44-33)17(18(30)16(9)13)29-28-12-2-1-10(7-15(12)51(37,38)39)47-4-3-43-46-52(40,41)42;;/h1-2,5-8,30,33H,(H,31,32)(H,34,35,36)(H,37,38,39)(H,40,41,42)(H,24,25,26,27);2*1H2. The molecule has 0 saturated carbocycles. The van der Waals surface area contributed by atoms with Crippen LogP contribution in [0.4, 0.5) is 27.8 Å². The number of nitrogens with one attached hydrogen (secondary N) is 1. The van der Waals surface area contributed by atoms with E-state index in [1.54, 1.807) is 6.11 Å². The number of hydrogen-bond donors (Lipinski definition) is 7. The van der Waals surface area contributed by atoms with Crippen molar-refractivity contribution in [1.82, 2.24) is 15.0 Å². The molecule has 32 heteroatoms. The highest BCUT2D eigenvalue weighted by Crippen LogP contribution is 2.48. The van der Waals surface area contributed by atoms with Crippen LogP contribution in [-0.2, 0) is 49.2 Å². The number of fused-ring (bicyclic) bond motifs is 1. The summed E-state index contributed by atoms with van der Waals surface area (Å²) in [6.07, 6.45) is 1.73. The molecule has 4 rings (SSSR count). The zero-order valence-electron chi connectivity index (χ0n) is 25.2. The Morgan fingerprint density at radius 2 is 1.65 bits per heavy atom. The van der Waals surface area contributed by atoms with Gasteiger partial charge in [-0.1, -0.05) is 5.04 Å². The van der Waals surface area contributed by atoms with Crippen molar-refractivity contribution < 1.29 is 88.7 Å². The molecule has 0 aliphatic carbocycles. The van der Waals surface area contributed by atoms with Crippen molar-refractivity contribution in [2.24, 2.45) is 10.2 Å². The molecule has 0 bridgehead atoms. The van der Waals surface area contributed by atoms with Gasteiger partial charge >= 0.3 is 15.7 Å². The van der Waals surface area contributed by atoms with E-state index in [-0.39, 0.29) is 61.0 Å². The first kappa shape index (κ1) is 45.9. The number of carboxylic acid groups (broad SMARTS) is 1. The minimum atomic E-state index is -5.05. The molecule has 0 aliphatic rings. The summed E-state index contributed by atoms with van der Waals surface area (Å²) in [5, 5.41) is 42.4. The quantitative estimate of drug-likeness (QED) is 0.0192. The Morgan fingerprint density at radius 3 is 2.26 bits per heavy atom. The van der Waals surface area contributed by atoms with Gasteiger partial charge in [-0.15, -0.1) is 14.6 Å². The maximum absolute atomic E-state index is 12.2. The van der Waals surface area contributed by atoms with E-state index >= 15 is 0 Å². The third-order valence-electron chi connectivity index (χ3n) is 5.43. The summed E-state index contributed by atoms with van der Waals surface area (Å²) < 4.78 is 106. The van der Waals surface area contributed by atoms with Gasteiger partial charge in [0.15, 0.2) is 11.9 Å². The fourth-order valence-electron chi connectivity index (χ4n) is 3.66. The summed E-state index contributed by atoms with van der Waals surface area (Å²) in [5.74, 6) is -1.31. The summed E-state index contributed by atoms with van der Waals surface area (Å²) >= 11 is 6.74. The molecule has 0 spiro atoms. The zero-order chi connectivity index (χ0) is 38.4. The summed E-state index contributed by atoms with van der Waals surface area (Å²) in [4.78, 5) is 24.5. The predicted octanol–water partition coefficient (Wildman–Crippen LogP) is 3.35. The molecule has 1 aromatic heterocycles. The predicted molar refractivity (Wildman–Crippen MR) is 183 cm³/mol. The van der Waals surface area contributed by atoms with Crippen LogP contribution < -0.4 is 5.32 Å². The van der Waals surface area contributed by atoms with Crippen LogP contribution in [0.5, 0.6) is 5.75 Å². The second-order valence-corrected chi connectivity index (χ2v) is 15.4. The molecule has 0 fully saturated rings. The number of hydrogen-bond acceptors (Lipinski definition) is 22. The topological polar surface area (TPSA) is 416 Å². The molecule has 292 valence electrons. The van der Waals surface area contributed by atoms with Crippen LogP contribution in [0.1, 0.15) is 0 Å². The molecule has 0 atom stereocenters. The molecule has 0 radical (unpaired) electrons. The molecule has 4 aromatic rings. The van der Waals surface area contributed by atoms with E-state index < -0.39 is 79.2 Å². The van der Waals surface area contributed by atoms with Crippen LogP contribution in [-0.4, -0.2) is 85.6 Å². The van der Waals surface area contributed by atoms with E-state index in [2.05, 4.69) is 54.3 Å². The summed E-state index contributed by atoms with van der Waals surface area (Å²) in [6, 6.07) is 5.89. The number of thioether (sulfide) groups is 2. The smallest absolute Gasteiger partial charge is 0.433 e. The van der Waals surface area contributed by atoms with Gasteiger partial charge in [0.25, 0.3) is 20.2 Å². The van der Waals surface area contributed by atoms with E-state index in [1.807, 2.05) is 0 Å². The van der Waals surface area contributed by atoms with E-state index in [4.69, 9.17) is 26.5 Å². The molecule has 1 heterocycles. The third kappa shape index (κ3) is 12.7. The first-order chi connectivity index (χ1) is 24.2. The zero-order valence-corrected chi connectivity index (χ0v) is 30.9. The van der Waals surface area contributed by atoms with Crippen molar-refractivity contribution in [1.29, 1.82) is 0 Å². The lowest BCUT2D eigenvalue weighted by Gasteiger charge is -2.15. The lowest BCUT2D eigenvalue weighted by molar-refractivity contribution is -0.432. The highest BCUT2D eigenvalue weighted by molar-refractivity contribution is 8.13. The fourth-order valence-corrected chi connectivity index (χ4v) is 6.68. The van der Waals surface area contributed by atoms with Crippen molar-refractivity contribution in [3.63, 3.8) is 0 Å². The van der Waals surface area contributed by atoms with Crippen LogP contribution in [0, 0.1) is 11.4 Å². The van der Waals surface area contributed by atoms with Crippen molar-refractivity contribution in [2.45, 2.75) is 24.7 Å². The number of azo groups is 1. The fraction of sp³-hybridized carbons (Fsp3) is 0. The maximum atomic E-state index is 12.2. The Hall–Kier alpha value is -4.21. The van der Waals surface area contributed by atoms with Gasteiger partial charge in [0.1, 0.15) is 16.3 Å². The second-order valence-electron chi connectivity index (χ2n) is 8.74. The molecule has 0 unspecified atom stereocenters. The first-order valence-electron chi connectivity index (χ1n) is 12.3. The average Bonchev–Trinajstić information content (AvgIpc) is 3.01. The molecule has 11 N–H and O–H groups in total. The van der Waals surface area contributed by atoms with Gasteiger partial charge in [0.2, 0.25) is 16.4 Å². The average molecular weight is 897 g/mol. The number of carbonyl (C=O) groups is 1. The lowest BCUT2D eigenvalue weighted by atomic mass is 10.1. The Labute approximate surface area is 318 Å². The van der Waals surface area contributed by atoms with Crippen molar-refractivity contribution in [2.75, 3.05) is 5.32 Å². The third-order valence-corrected chi connectivity index (χ3v) is 9.39. The molecule has 25 nitrogen and oxygen atoms in total. The van der Waals surface area contributed by atoms with E-state index in [0.717, 1.165) is 30.3 Å².